The van der Waals surface area contributed by atoms with Gasteiger partial charge < -0.3 is 19.7 Å². The summed E-state index contributed by atoms with van der Waals surface area (Å²) in [7, 11) is 0. The first-order valence-electron chi connectivity index (χ1n) is 9.77. The molecule has 0 aliphatic carbocycles. The number of benzene rings is 2. The quantitative estimate of drug-likeness (QED) is 0.854. The third kappa shape index (κ3) is 4.10. The zero-order chi connectivity index (χ0) is 19.3. The van der Waals surface area contributed by atoms with Gasteiger partial charge >= 0.3 is 0 Å². The van der Waals surface area contributed by atoms with E-state index in [1.807, 2.05) is 6.07 Å². The first-order valence-corrected chi connectivity index (χ1v) is 9.77. The Labute approximate surface area is 164 Å². The molecule has 0 aromatic heterocycles. The number of amides is 1. The molecule has 2 N–H and O–H groups in total. The number of nitriles is 1. The second-order valence-electron chi connectivity index (χ2n) is 7.28. The number of carbonyl (C=O) groups excluding carboxylic acids is 1. The van der Waals surface area contributed by atoms with Crippen molar-refractivity contribution in [3.8, 4) is 17.6 Å². The van der Waals surface area contributed by atoms with Gasteiger partial charge in [0, 0.05) is 30.5 Å². The molecule has 0 radical (unpaired) electrons. The van der Waals surface area contributed by atoms with E-state index in [2.05, 4.69) is 23.5 Å². The second-order valence-corrected chi connectivity index (χ2v) is 7.28. The smallest absolute Gasteiger partial charge is 0.279 e. The van der Waals surface area contributed by atoms with Crippen molar-refractivity contribution < 1.29 is 19.2 Å². The first-order chi connectivity index (χ1) is 13.7. The van der Waals surface area contributed by atoms with E-state index in [1.54, 1.807) is 24.3 Å². The van der Waals surface area contributed by atoms with Crippen molar-refractivity contribution in [1.82, 2.24) is 0 Å². The van der Waals surface area contributed by atoms with Gasteiger partial charge in [0.15, 0.2) is 18.0 Å². The summed E-state index contributed by atoms with van der Waals surface area (Å²) in [6, 6.07) is 15.5. The largest absolute Gasteiger partial charge is 0.490 e. The maximum atomic E-state index is 12.6. The van der Waals surface area contributed by atoms with Crippen LogP contribution >= 0.6 is 0 Å². The molecule has 28 heavy (non-hydrogen) atoms. The van der Waals surface area contributed by atoms with Crippen LogP contribution in [0.1, 0.15) is 36.4 Å². The number of anilines is 1. The summed E-state index contributed by atoms with van der Waals surface area (Å²) < 4.78 is 11.5. The molecular formula is C22H24N3O3+. The van der Waals surface area contributed by atoms with Gasteiger partial charge in [0.2, 0.25) is 0 Å². The molecule has 6 nitrogen and oxygen atoms in total. The number of hydrogen-bond donors (Lipinski definition) is 2. The van der Waals surface area contributed by atoms with Crippen LogP contribution in [-0.4, -0.2) is 32.2 Å². The summed E-state index contributed by atoms with van der Waals surface area (Å²) in [4.78, 5) is 13.8. The predicted octanol–water partition coefficient (Wildman–Crippen LogP) is 2.08. The fraction of sp³-hybridized carbons (Fsp3) is 0.364. The highest BCUT2D eigenvalue weighted by Crippen LogP contribution is 2.33. The van der Waals surface area contributed by atoms with Gasteiger partial charge in [-0.3, -0.25) is 4.79 Å². The van der Waals surface area contributed by atoms with Crippen LogP contribution in [0.15, 0.2) is 42.5 Å². The molecule has 0 spiro atoms. The number of hydrogen-bond acceptors (Lipinski definition) is 4. The van der Waals surface area contributed by atoms with Gasteiger partial charge in [-0.1, -0.05) is 6.07 Å². The van der Waals surface area contributed by atoms with Gasteiger partial charge in [-0.2, -0.15) is 5.26 Å². The Kier molecular flexibility index (Phi) is 5.45. The molecular weight excluding hydrogens is 354 g/mol. The molecule has 2 aliphatic heterocycles. The highest BCUT2D eigenvalue weighted by molar-refractivity contribution is 5.91. The van der Waals surface area contributed by atoms with Gasteiger partial charge in [-0.25, -0.2) is 0 Å². The number of nitrogens with one attached hydrogen (secondary N) is 2. The zero-order valence-electron chi connectivity index (χ0n) is 15.7. The van der Waals surface area contributed by atoms with Crippen LogP contribution in [0, 0.1) is 11.3 Å². The Hall–Kier alpha value is -3.04. The van der Waals surface area contributed by atoms with E-state index in [1.165, 1.54) is 10.5 Å². The molecule has 1 saturated heterocycles. The SMILES string of the molecule is N#Cc1cccc(NC(=O)C[NH+]2CCC[C@H]2c2ccc3c(c2)OCCCO3)c1. The minimum Gasteiger partial charge on any atom is -0.490 e. The van der Waals surface area contributed by atoms with Gasteiger partial charge in [0.1, 0.15) is 6.04 Å². The highest BCUT2D eigenvalue weighted by atomic mass is 16.5. The van der Waals surface area contributed by atoms with Crippen LogP contribution in [0.5, 0.6) is 11.5 Å². The summed E-state index contributed by atoms with van der Waals surface area (Å²) in [5, 5.41) is 11.9. The molecule has 144 valence electrons. The molecule has 4 rings (SSSR count). The Morgan fingerprint density at radius 1 is 1.14 bits per heavy atom. The molecule has 2 aromatic carbocycles. The van der Waals surface area contributed by atoms with E-state index in [-0.39, 0.29) is 11.9 Å². The third-order valence-electron chi connectivity index (χ3n) is 5.32. The predicted molar refractivity (Wildman–Crippen MR) is 105 cm³/mol. The minimum atomic E-state index is -0.0358. The molecule has 1 unspecified atom stereocenters. The molecule has 2 aliphatic rings. The van der Waals surface area contributed by atoms with Crippen LogP contribution < -0.4 is 19.7 Å². The monoisotopic (exact) mass is 378 g/mol. The molecule has 2 atom stereocenters. The van der Waals surface area contributed by atoms with Crippen LogP contribution in [-0.2, 0) is 4.79 Å². The van der Waals surface area contributed by atoms with Crippen molar-refractivity contribution in [3.05, 3.63) is 53.6 Å². The fourth-order valence-electron chi connectivity index (χ4n) is 4.00. The van der Waals surface area contributed by atoms with Gasteiger partial charge in [0.05, 0.1) is 31.4 Å². The van der Waals surface area contributed by atoms with E-state index in [4.69, 9.17) is 14.7 Å². The Bertz CT molecular complexity index is 906. The Balaban J connectivity index is 1.44. The summed E-state index contributed by atoms with van der Waals surface area (Å²) in [6.45, 7) is 2.71. The summed E-state index contributed by atoms with van der Waals surface area (Å²) >= 11 is 0. The van der Waals surface area contributed by atoms with Crippen molar-refractivity contribution in [2.75, 3.05) is 31.6 Å². The van der Waals surface area contributed by atoms with Crippen LogP contribution in [0.2, 0.25) is 0 Å². The van der Waals surface area contributed by atoms with Gasteiger partial charge in [-0.15, -0.1) is 0 Å². The van der Waals surface area contributed by atoms with Crippen molar-refractivity contribution in [2.45, 2.75) is 25.3 Å². The molecule has 1 amide bonds. The van der Waals surface area contributed by atoms with E-state index in [9.17, 15) is 4.79 Å². The topological polar surface area (TPSA) is 75.8 Å². The van der Waals surface area contributed by atoms with Crippen LogP contribution in [0.3, 0.4) is 0 Å². The second kappa shape index (κ2) is 8.32. The summed E-state index contributed by atoms with van der Waals surface area (Å²) in [6.07, 6.45) is 3.02. The average Bonchev–Trinajstić information content (AvgIpc) is 3.03. The third-order valence-corrected chi connectivity index (χ3v) is 5.32. The number of quaternary nitrogens is 1. The normalized spacial score (nSPS) is 20.8. The van der Waals surface area contributed by atoms with Crippen molar-refractivity contribution in [1.29, 1.82) is 5.26 Å². The Morgan fingerprint density at radius 3 is 2.86 bits per heavy atom. The maximum Gasteiger partial charge on any atom is 0.279 e. The standard InChI is InChI=1S/C22H23N3O3/c23-14-16-4-1-5-18(12-16)24-22(26)15-25-9-2-6-19(25)17-7-8-20-21(13-17)28-11-3-10-27-20/h1,4-5,7-8,12-13,19H,2-3,6,9-11,15H2,(H,24,26)/p+1/t19-/m0/s1. The van der Waals surface area contributed by atoms with E-state index in [0.29, 0.717) is 31.0 Å². The lowest BCUT2D eigenvalue weighted by Gasteiger charge is -2.22. The number of likely N-dealkylation sites (tertiary alicyclic amines) is 1. The van der Waals surface area contributed by atoms with Crippen LogP contribution in [0.25, 0.3) is 0 Å². The first kappa shape index (κ1) is 18.3. The molecule has 2 heterocycles. The maximum absolute atomic E-state index is 12.6. The van der Waals surface area contributed by atoms with Crippen LogP contribution in [0.4, 0.5) is 5.69 Å². The van der Waals surface area contributed by atoms with E-state index >= 15 is 0 Å². The Morgan fingerprint density at radius 2 is 2.00 bits per heavy atom. The lowest BCUT2D eigenvalue weighted by molar-refractivity contribution is -0.910. The van der Waals surface area contributed by atoms with E-state index < -0.39 is 0 Å². The highest BCUT2D eigenvalue weighted by Gasteiger charge is 2.32. The van der Waals surface area contributed by atoms with Gasteiger partial charge in [0.25, 0.3) is 5.91 Å². The van der Waals surface area contributed by atoms with Crippen molar-refractivity contribution >= 4 is 11.6 Å². The minimum absolute atomic E-state index is 0.0358. The lowest BCUT2D eigenvalue weighted by atomic mass is 10.0. The van der Waals surface area contributed by atoms with E-state index in [0.717, 1.165) is 37.3 Å². The number of carbonyl (C=O) groups is 1. The average molecular weight is 378 g/mol. The zero-order valence-corrected chi connectivity index (χ0v) is 15.7. The number of nitrogens with zero attached hydrogens (tertiary/aromatic N) is 1. The fourth-order valence-corrected chi connectivity index (χ4v) is 4.00. The van der Waals surface area contributed by atoms with Crippen molar-refractivity contribution in [2.24, 2.45) is 0 Å². The lowest BCUT2D eigenvalue weighted by Crippen LogP contribution is -3.11. The molecule has 1 fully saturated rings. The number of ether oxygens (including phenoxy) is 2. The molecule has 0 saturated carbocycles. The number of fused-ring (bicyclic) bond motifs is 1. The molecule has 2 aromatic rings. The summed E-state index contributed by atoms with van der Waals surface area (Å²) in [5.74, 6) is 1.57. The van der Waals surface area contributed by atoms with Gasteiger partial charge in [-0.05, 0) is 36.4 Å². The molecule has 0 bridgehead atoms. The number of rotatable bonds is 4. The summed E-state index contributed by atoms with van der Waals surface area (Å²) in [5.41, 5.74) is 2.39. The molecule has 6 heteroatoms. The van der Waals surface area contributed by atoms with Crippen molar-refractivity contribution in [3.63, 3.8) is 0 Å².